The van der Waals surface area contributed by atoms with Crippen LogP contribution in [0.2, 0.25) is 0 Å². The van der Waals surface area contributed by atoms with Gasteiger partial charge in [-0.1, -0.05) is 20.8 Å². The fraction of sp³-hybridized carbons (Fsp3) is 0.688. The highest BCUT2D eigenvalue weighted by Gasteiger charge is 2.18. The molecule has 0 saturated heterocycles. The molecule has 0 aliphatic carbocycles. The maximum atomic E-state index is 11.9. The van der Waals surface area contributed by atoms with Crippen molar-refractivity contribution >= 4 is 60.5 Å². The monoisotopic (exact) mass is 746 g/mol. The van der Waals surface area contributed by atoms with Gasteiger partial charge in [0.2, 0.25) is 54.2 Å². The summed E-state index contributed by atoms with van der Waals surface area (Å²) in [7, 11) is 9.24. The average Bonchev–Trinajstić information content (AvgIpc) is 3.14. The molecule has 300 valence electrons. The Bertz CT molecular complexity index is 1110. The van der Waals surface area contributed by atoms with Gasteiger partial charge >= 0.3 is 0 Å². The van der Waals surface area contributed by atoms with Gasteiger partial charge < -0.3 is 55.5 Å². The Hall–Kier alpha value is -5.14. The Morgan fingerprint density at radius 3 is 1.38 bits per heavy atom. The zero-order chi connectivity index (χ0) is 41.2. The normalized spacial score (nSPS) is 9.21. The van der Waals surface area contributed by atoms with E-state index in [1.165, 1.54) is 30.9 Å². The predicted molar refractivity (Wildman–Crippen MR) is 194 cm³/mol. The molecule has 52 heavy (non-hydrogen) atoms. The quantitative estimate of drug-likeness (QED) is 0.0831. The van der Waals surface area contributed by atoms with Crippen LogP contribution >= 0.6 is 0 Å². The van der Waals surface area contributed by atoms with Crippen molar-refractivity contribution in [3.63, 3.8) is 0 Å². The first-order valence-corrected chi connectivity index (χ1v) is 16.7. The Morgan fingerprint density at radius 1 is 0.519 bits per heavy atom. The molecule has 0 bridgehead atoms. The summed E-state index contributed by atoms with van der Waals surface area (Å²) in [5.41, 5.74) is 0. The van der Waals surface area contributed by atoms with Crippen LogP contribution in [-0.4, -0.2) is 204 Å². The van der Waals surface area contributed by atoms with Crippen LogP contribution in [0.4, 0.5) is 0 Å². The number of aldehydes is 1. The highest BCUT2D eigenvalue weighted by Crippen LogP contribution is 1.92. The van der Waals surface area contributed by atoms with Gasteiger partial charge in [-0.3, -0.25) is 43.2 Å². The van der Waals surface area contributed by atoms with Crippen molar-refractivity contribution in [3.05, 3.63) is 0 Å². The molecule has 0 aromatic rings. The van der Waals surface area contributed by atoms with Gasteiger partial charge in [0, 0.05) is 55.4 Å². The maximum Gasteiger partial charge on any atom is 0.242 e. The molecule has 0 fully saturated rings. The number of amides is 9. The van der Waals surface area contributed by atoms with Gasteiger partial charge in [-0.25, -0.2) is 0 Å². The highest BCUT2D eigenvalue weighted by atomic mass is 16.2. The van der Waals surface area contributed by atoms with E-state index < -0.39 is 23.6 Å². The minimum atomic E-state index is -0.508. The van der Waals surface area contributed by atoms with Crippen LogP contribution < -0.4 is 21.3 Å². The molecule has 0 heterocycles. The van der Waals surface area contributed by atoms with E-state index in [2.05, 4.69) is 21.3 Å². The maximum absolute atomic E-state index is 11.9. The first kappa shape index (κ1) is 53.6. The van der Waals surface area contributed by atoms with E-state index in [0.717, 1.165) is 21.2 Å². The third-order valence-corrected chi connectivity index (χ3v) is 6.46. The largest absolute Gasteiger partial charge is 0.350 e. The molecule has 0 atom stereocenters. The number of nitrogens with one attached hydrogen (secondary N) is 4. The average molecular weight is 747 g/mol. The van der Waals surface area contributed by atoms with Gasteiger partial charge in [-0.05, 0) is 20.4 Å². The lowest BCUT2D eigenvalue weighted by Crippen LogP contribution is -2.46. The molecule has 0 radical (unpaired) electrons. The Kier molecular flexibility index (Phi) is 35.4. The third kappa shape index (κ3) is 29.7. The van der Waals surface area contributed by atoms with Crippen molar-refractivity contribution in [2.45, 2.75) is 34.6 Å². The van der Waals surface area contributed by atoms with Crippen LogP contribution in [0.1, 0.15) is 34.6 Å². The highest BCUT2D eigenvalue weighted by molar-refractivity contribution is 5.90. The van der Waals surface area contributed by atoms with E-state index in [-0.39, 0.29) is 70.1 Å². The number of carbonyl (C=O) groups is 10. The lowest BCUT2D eigenvalue weighted by atomic mass is 10.4. The summed E-state index contributed by atoms with van der Waals surface area (Å²) in [4.78, 5) is 119. The summed E-state index contributed by atoms with van der Waals surface area (Å²) in [6, 6.07) is 0. The second kappa shape index (κ2) is 34.3. The number of rotatable bonds is 21. The lowest BCUT2D eigenvalue weighted by molar-refractivity contribution is -0.140. The smallest absolute Gasteiger partial charge is 0.242 e. The summed E-state index contributed by atoms with van der Waals surface area (Å²) in [6.45, 7) is 11.1. The number of likely N-dealkylation sites (N-methyl/N-ethyl adjacent to an activating group) is 7. The molecule has 20 nitrogen and oxygen atoms in total. The molecular formula is C32H62N10O10. The van der Waals surface area contributed by atoms with Gasteiger partial charge in [0.1, 0.15) is 6.29 Å². The zero-order valence-electron chi connectivity index (χ0n) is 32.8. The summed E-state index contributed by atoms with van der Waals surface area (Å²) in [5, 5.41) is 9.84. The molecule has 0 spiro atoms. The summed E-state index contributed by atoms with van der Waals surface area (Å²) >= 11 is 0. The molecule has 9 amide bonds. The van der Waals surface area contributed by atoms with E-state index >= 15 is 0 Å². The van der Waals surface area contributed by atoms with Crippen LogP contribution in [0.25, 0.3) is 0 Å². The van der Waals surface area contributed by atoms with Crippen molar-refractivity contribution in [1.82, 2.24) is 50.7 Å². The predicted octanol–water partition coefficient (Wildman–Crippen LogP) is -3.81. The molecular weight excluding hydrogens is 684 g/mol. The van der Waals surface area contributed by atoms with E-state index in [1.807, 2.05) is 34.6 Å². The Balaban J connectivity index is -0.000000360. The van der Waals surface area contributed by atoms with Crippen molar-refractivity contribution < 1.29 is 47.9 Å². The zero-order valence-corrected chi connectivity index (χ0v) is 32.8. The van der Waals surface area contributed by atoms with E-state index in [4.69, 9.17) is 0 Å². The number of hydrogen-bond donors (Lipinski definition) is 4. The Morgan fingerprint density at radius 2 is 0.942 bits per heavy atom. The second-order valence-electron chi connectivity index (χ2n) is 10.6. The molecule has 0 aromatic carbocycles. The first-order valence-electron chi connectivity index (χ1n) is 16.7. The van der Waals surface area contributed by atoms with Crippen molar-refractivity contribution in [2.24, 2.45) is 0 Å². The van der Waals surface area contributed by atoms with E-state index in [0.29, 0.717) is 32.2 Å². The van der Waals surface area contributed by atoms with Crippen LogP contribution in [0.3, 0.4) is 0 Å². The molecule has 0 aliphatic rings. The third-order valence-electron chi connectivity index (χ3n) is 6.46. The SMILES string of the molecule is CC.CCN(C)C(=O)CNC=O.CCNCC(=O)N(C)CC(=O)N(C)CC.CN(C=O)CC(=O)NCC(=O)N(C)CC(=O)N(C)CC(=O)NCC=O. The molecule has 0 unspecified atom stereocenters. The Labute approximate surface area is 307 Å². The van der Waals surface area contributed by atoms with E-state index in [1.54, 1.807) is 26.0 Å². The van der Waals surface area contributed by atoms with Crippen molar-refractivity contribution in [1.29, 1.82) is 0 Å². The van der Waals surface area contributed by atoms with Crippen molar-refractivity contribution in [2.75, 3.05) is 114 Å². The first-order chi connectivity index (χ1) is 24.4. The van der Waals surface area contributed by atoms with Crippen LogP contribution in [0.15, 0.2) is 0 Å². The van der Waals surface area contributed by atoms with Crippen LogP contribution in [0, 0.1) is 0 Å². The van der Waals surface area contributed by atoms with Gasteiger partial charge in [-0.15, -0.1) is 0 Å². The second-order valence-corrected chi connectivity index (χ2v) is 10.6. The standard InChI is InChI=1S/C14H23N5O6.C10H21N3O2.C6H12N2O2.C2H6/c1-17(10-21)7-11(22)16-6-13(24)19(3)9-14(25)18(2)8-12(23)15-4-5-20;1-5-11-7-9(14)13(4)8-10(15)12(3)6-2;1-3-8(2)6(10)4-7-5-9;1-2/h5,10H,4,6-9H2,1-3H3,(H,15,23)(H,16,22);11H,5-8H2,1-4H3;5H,3-4H2,1-2H3,(H,7,9);1-2H3. The topological polar surface area (TPSA) is 238 Å². The number of nitrogens with zero attached hydrogens (tertiary/aromatic N) is 6. The van der Waals surface area contributed by atoms with Crippen LogP contribution in [-0.2, 0) is 47.9 Å². The van der Waals surface area contributed by atoms with Crippen molar-refractivity contribution in [3.8, 4) is 0 Å². The van der Waals surface area contributed by atoms with Crippen LogP contribution in [0.5, 0.6) is 0 Å². The minimum Gasteiger partial charge on any atom is -0.350 e. The molecule has 0 saturated carbocycles. The van der Waals surface area contributed by atoms with E-state index in [9.17, 15) is 47.9 Å². The summed E-state index contributed by atoms with van der Waals surface area (Å²) < 4.78 is 0. The molecule has 0 aliphatic heterocycles. The number of carbonyl (C=O) groups excluding carboxylic acids is 10. The van der Waals surface area contributed by atoms with Gasteiger partial charge in [0.05, 0.1) is 52.4 Å². The molecule has 0 aromatic heterocycles. The summed E-state index contributed by atoms with van der Waals surface area (Å²) in [5.74, 6) is -2.16. The molecule has 20 heteroatoms. The minimum absolute atomic E-state index is 0.0372. The molecule has 0 rings (SSSR count). The van der Waals surface area contributed by atoms with Gasteiger partial charge in [0.25, 0.3) is 0 Å². The fourth-order valence-electron chi connectivity index (χ4n) is 2.95. The number of hydrogen-bond acceptors (Lipinski definition) is 11. The fourth-order valence-corrected chi connectivity index (χ4v) is 2.95. The lowest BCUT2D eigenvalue weighted by Gasteiger charge is -2.22. The molecule has 4 N–H and O–H groups in total. The van der Waals surface area contributed by atoms with Gasteiger partial charge in [-0.2, -0.15) is 0 Å². The summed E-state index contributed by atoms with van der Waals surface area (Å²) in [6.07, 6.45) is 1.52. The van der Waals surface area contributed by atoms with Gasteiger partial charge in [0.15, 0.2) is 0 Å².